The summed E-state index contributed by atoms with van der Waals surface area (Å²) in [6.07, 6.45) is 0.938. The second-order valence-corrected chi connectivity index (χ2v) is 8.65. The minimum atomic E-state index is -3.53. The molecule has 1 fully saturated rings. The minimum Gasteiger partial charge on any atom is -0.356 e. The second kappa shape index (κ2) is 11.4. The van der Waals surface area contributed by atoms with Crippen LogP contribution in [0.5, 0.6) is 0 Å². The third-order valence-electron chi connectivity index (χ3n) is 4.46. The summed E-state index contributed by atoms with van der Waals surface area (Å²) in [5.41, 5.74) is 5.62. The van der Waals surface area contributed by atoms with Gasteiger partial charge in [0.1, 0.15) is 0 Å². The van der Waals surface area contributed by atoms with Gasteiger partial charge in [-0.25, -0.2) is 8.42 Å². The monoisotopic (exact) mass is 432 g/mol. The van der Waals surface area contributed by atoms with Gasteiger partial charge in [0, 0.05) is 51.6 Å². The van der Waals surface area contributed by atoms with E-state index < -0.39 is 10.0 Å². The summed E-state index contributed by atoms with van der Waals surface area (Å²) in [5, 5.41) is 2.74. The lowest BCUT2D eigenvalue weighted by Crippen LogP contribution is -2.50. The summed E-state index contributed by atoms with van der Waals surface area (Å²) in [4.78, 5) is 25.9. The molecule has 28 heavy (non-hydrogen) atoms. The van der Waals surface area contributed by atoms with Crippen molar-refractivity contribution < 1.29 is 18.0 Å². The molecule has 158 valence electrons. The summed E-state index contributed by atoms with van der Waals surface area (Å²) < 4.78 is 26.6. The number of nitrogens with one attached hydrogen (secondary N) is 1. The normalized spacial score (nSPS) is 16.1. The zero-order chi connectivity index (χ0) is 19.9. The van der Waals surface area contributed by atoms with E-state index in [4.69, 9.17) is 5.73 Å². The van der Waals surface area contributed by atoms with Crippen molar-refractivity contribution in [3.8, 4) is 0 Å². The molecule has 0 aliphatic carbocycles. The van der Waals surface area contributed by atoms with E-state index in [2.05, 4.69) is 5.32 Å². The summed E-state index contributed by atoms with van der Waals surface area (Å²) in [6.45, 7) is 3.54. The molecule has 0 bridgehead atoms. The highest BCUT2D eigenvalue weighted by atomic mass is 35.5. The molecule has 1 saturated heterocycles. The van der Waals surface area contributed by atoms with Gasteiger partial charge in [-0.3, -0.25) is 9.59 Å². The SMILES string of the molecule is CC(N)CCNC(=O)CCC(=O)N1CCN(S(=O)(=O)c2ccccc2)CC1.Cl. The van der Waals surface area contributed by atoms with Crippen LogP contribution in [-0.2, 0) is 19.6 Å². The summed E-state index contributed by atoms with van der Waals surface area (Å²) in [5.74, 6) is -0.302. The van der Waals surface area contributed by atoms with Crippen LogP contribution < -0.4 is 11.1 Å². The van der Waals surface area contributed by atoms with Crippen molar-refractivity contribution in [2.24, 2.45) is 5.73 Å². The van der Waals surface area contributed by atoms with E-state index in [1.807, 2.05) is 6.92 Å². The third kappa shape index (κ3) is 7.05. The van der Waals surface area contributed by atoms with Gasteiger partial charge in [0.2, 0.25) is 21.8 Å². The molecule has 2 amide bonds. The first-order chi connectivity index (χ1) is 12.8. The molecule has 0 aromatic heterocycles. The number of hydrogen-bond acceptors (Lipinski definition) is 5. The molecule has 0 spiro atoms. The van der Waals surface area contributed by atoms with Crippen LogP contribution in [-0.4, -0.2) is 68.2 Å². The number of carbonyl (C=O) groups excluding carboxylic acids is 2. The molecule has 0 radical (unpaired) electrons. The smallest absolute Gasteiger partial charge is 0.243 e. The van der Waals surface area contributed by atoms with E-state index in [-0.39, 0.29) is 61.1 Å². The van der Waals surface area contributed by atoms with Gasteiger partial charge in [0.25, 0.3) is 0 Å². The fraction of sp³-hybridized carbons (Fsp3) is 0.556. The number of nitrogens with zero attached hydrogens (tertiary/aromatic N) is 2. The maximum absolute atomic E-state index is 12.6. The predicted octanol–water partition coefficient (Wildman–Crippen LogP) is 0.575. The Morgan fingerprint density at radius 3 is 2.29 bits per heavy atom. The molecule has 1 aliphatic heterocycles. The van der Waals surface area contributed by atoms with Crippen LogP contribution in [0, 0.1) is 0 Å². The molecular formula is C18H29ClN4O4S. The average molecular weight is 433 g/mol. The van der Waals surface area contributed by atoms with Gasteiger partial charge in [0.05, 0.1) is 4.90 Å². The molecule has 2 rings (SSSR count). The largest absolute Gasteiger partial charge is 0.356 e. The van der Waals surface area contributed by atoms with Crippen LogP contribution in [0.3, 0.4) is 0 Å². The molecule has 1 heterocycles. The van der Waals surface area contributed by atoms with Crippen LogP contribution in [0.2, 0.25) is 0 Å². The number of nitrogens with two attached hydrogens (primary N) is 1. The lowest BCUT2D eigenvalue weighted by Gasteiger charge is -2.34. The maximum atomic E-state index is 12.6. The highest BCUT2D eigenvalue weighted by molar-refractivity contribution is 7.89. The first-order valence-corrected chi connectivity index (χ1v) is 10.6. The standard InChI is InChI=1S/C18H28N4O4S.ClH/c1-15(19)9-10-20-17(23)7-8-18(24)21-11-13-22(14-12-21)27(25,26)16-5-3-2-4-6-16;/h2-6,15H,7-14,19H2,1H3,(H,20,23);1H. The fourth-order valence-electron chi connectivity index (χ4n) is 2.83. The molecule has 1 atom stereocenters. The maximum Gasteiger partial charge on any atom is 0.243 e. The molecule has 1 unspecified atom stereocenters. The lowest BCUT2D eigenvalue weighted by atomic mass is 10.2. The van der Waals surface area contributed by atoms with Crippen molar-refractivity contribution >= 4 is 34.2 Å². The van der Waals surface area contributed by atoms with Crippen LogP contribution >= 0.6 is 12.4 Å². The van der Waals surface area contributed by atoms with E-state index in [0.717, 1.165) is 0 Å². The minimum absolute atomic E-state index is 0. The summed E-state index contributed by atoms with van der Waals surface area (Å²) in [7, 11) is -3.53. The number of hydrogen-bond donors (Lipinski definition) is 2. The van der Waals surface area contributed by atoms with Crippen molar-refractivity contribution in [3.05, 3.63) is 30.3 Å². The summed E-state index contributed by atoms with van der Waals surface area (Å²) >= 11 is 0. The molecular weight excluding hydrogens is 404 g/mol. The van der Waals surface area contributed by atoms with Gasteiger partial charge in [-0.1, -0.05) is 18.2 Å². The summed E-state index contributed by atoms with van der Waals surface area (Å²) in [6, 6.07) is 8.30. The molecule has 1 aliphatic rings. The number of carbonyl (C=O) groups is 2. The van der Waals surface area contributed by atoms with Crippen molar-refractivity contribution in [1.82, 2.24) is 14.5 Å². The van der Waals surface area contributed by atoms with Crippen molar-refractivity contribution in [2.75, 3.05) is 32.7 Å². The predicted molar refractivity (Wildman–Crippen MR) is 110 cm³/mol. The quantitative estimate of drug-likeness (QED) is 0.623. The van der Waals surface area contributed by atoms with Crippen LogP contribution in [0.25, 0.3) is 0 Å². The fourth-order valence-corrected chi connectivity index (χ4v) is 4.27. The number of amides is 2. The van der Waals surface area contributed by atoms with Crippen molar-refractivity contribution in [1.29, 1.82) is 0 Å². The number of sulfonamides is 1. The van der Waals surface area contributed by atoms with Gasteiger partial charge in [-0.05, 0) is 25.5 Å². The third-order valence-corrected chi connectivity index (χ3v) is 6.37. The van der Waals surface area contributed by atoms with Gasteiger partial charge in [0.15, 0.2) is 0 Å². The van der Waals surface area contributed by atoms with E-state index in [0.29, 0.717) is 26.1 Å². The Morgan fingerprint density at radius 2 is 1.71 bits per heavy atom. The molecule has 0 saturated carbocycles. The van der Waals surface area contributed by atoms with Crippen LogP contribution in [0.4, 0.5) is 0 Å². The number of benzene rings is 1. The van der Waals surface area contributed by atoms with Gasteiger partial charge >= 0.3 is 0 Å². The van der Waals surface area contributed by atoms with E-state index in [1.54, 1.807) is 35.2 Å². The Balaban J connectivity index is 0.00000392. The van der Waals surface area contributed by atoms with Gasteiger partial charge in [-0.15, -0.1) is 12.4 Å². The van der Waals surface area contributed by atoms with E-state index >= 15 is 0 Å². The zero-order valence-corrected chi connectivity index (χ0v) is 17.7. The van der Waals surface area contributed by atoms with Crippen LogP contribution in [0.1, 0.15) is 26.2 Å². The average Bonchev–Trinajstić information content (AvgIpc) is 2.66. The molecule has 10 heteroatoms. The van der Waals surface area contributed by atoms with E-state index in [9.17, 15) is 18.0 Å². The van der Waals surface area contributed by atoms with Crippen molar-refractivity contribution in [2.45, 2.75) is 37.1 Å². The highest BCUT2D eigenvalue weighted by Crippen LogP contribution is 2.17. The Hall–Kier alpha value is -1.68. The zero-order valence-electron chi connectivity index (χ0n) is 16.0. The van der Waals surface area contributed by atoms with Gasteiger partial charge < -0.3 is 16.0 Å². The molecule has 3 N–H and O–H groups in total. The Morgan fingerprint density at radius 1 is 1.11 bits per heavy atom. The second-order valence-electron chi connectivity index (χ2n) is 6.71. The Bertz CT molecular complexity index is 735. The number of halogens is 1. The molecule has 8 nitrogen and oxygen atoms in total. The molecule has 1 aromatic carbocycles. The van der Waals surface area contributed by atoms with Crippen molar-refractivity contribution in [3.63, 3.8) is 0 Å². The first kappa shape index (κ1) is 24.4. The Kier molecular flexibility index (Phi) is 9.88. The van der Waals surface area contributed by atoms with Gasteiger partial charge in [-0.2, -0.15) is 4.31 Å². The highest BCUT2D eigenvalue weighted by Gasteiger charge is 2.29. The van der Waals surface area contributed by atoms with Crippen LogP contribution in [0.15, 0.2) is 35.2 Å². The topological polar surface area (TPSA) is 113 Å². The lowest BCUT2D eigenvalue weighted by molar-refractivity contribution is -0.134. The molecule has 1 aromatic rings. The Labute approximate surface area is 172 Å². The number of piperazine rings is 1. The van der Waals surface area contributed by atoms with E-state index in [1.165, 1.54) is 4.31 Å². The number of rotatable bonds is 8. The first-order valence-electron chi connectivity index (χ1n) is 9.16.